The molecule has 2 rings (SSSR count). The minimum Gasteiger partial charge on any atom is -0.378 e. The summed E-state index contributed by atoms with van der Waals surface area (Å²) >= 11 is 0. The van der Waals surface area contributed by atoms with Gasteiger partial charge in [0.05, 0.1) is 12.6 Å². The molecule has 1 unspecified atom stereocenters. The minimum absolute atomic E-state index is 0.408. The number of rotatable bonds is 1. The summed E-state index contributed by atoms with van der Waals surface area (Å²) in [6, 6.07) is 0.501. The zero-order chi connectivity index (χ0) is 8.55. The van der Waals surface area contributed by atoms with Crippen molar-refractivity contribution in [3.63, 3.8) is 0 Å². The van der Waals surface area contributed by atoms with Gasteiger partial charge >= 0.3 is 0 Å². The predicted molar refractivity (Wildman–Crippen MR) is 47.3 cm³/mol. The summed E-state index contributed by atoms with van der Waals surface area (Å²) in [4.78, 5) is 6.60. The molecule has 1 N–H and O–H groups in total. The molecular formula is C8H15N3O. The standard InChI is InChI=1S/C8H15N3O/c1-6-3-9-8(10-6)11-4-7(5-11)12-2/h6-7H,3-5H2,1-2H3,(H,9,10). The first-order valence-corrected chi connectivity index (χ1v) is 4.38. The monoisotopic (exact) mass is 169 g/mol. The van der Waals surface area contributed by atoms with E-state index >= 15 is 0 Å². The van der Waals surface area contributed by atoms with Gasteiger partial charge in [-0.1, -0.05) is 0 Å². The highest BCUT2D eigenvalue weighted by Crippen LogP contribution is 2.12. The molecule has 0 spiro atoms. The van der Waals surface area contributed by atoms with E-state index in [9.17, 15) is 0 Å². The SMILES string of the molecule is COC1CN(C2=NCC(C)N2)C1. The van der Waals surface area contributed by atoms with Crippen LogP contribution in [0.15, 0.2) is 4.99 Å². The molecule has 68 valence electrons. The Morgan fingerprint density at radius 1 is 1.58 bits per heavy atom. The Morgan fingerprint density at radius 2 is 2.33 bits per heavy atom. The van der Waals surface area contributed by atoms with E-state index in [1.165, 1.54) is 0 Å². The van der Waals surface area contributed by atoms with E-state index in [4.69, 9.17) is 4.74 Å². The van der Waals surface area contributed by atoms with Crippen molar-refractivity contribution in [3.8, 4) is 0 Å². The molecule has 2 aliphatic heterocycles. The lowest BCUT2D eigenvalue weighted by atomic mass is 10.2. The lowest BCUT2D eigenvalue weighted by Gasteiger charge is -2.39. The summed E-state index contributed by atoms with van der Waals surface area (Å²) in [6.07, 6.45) is 0.408. The summed E-state index contributed by atoms with van der Waals surface area (Å²) in [5.41, 5.74) is 0. The van der Waals surface area contributed by atoms with Crippen molar-refractivity contribution in [3.05, 3.63) is 0 Å². The van der Waals surface area contributed by atoms with Crippen molar-refractivity contribution in [1.82, 2.24) is 10.2 Å². The van der Waals surface area contributed by atoms with Gasteiger partial charge in [-0.15, -0.1) is 0 Å². The number of nitrogens with zero attached hydrogens (tertiary/aromatic N) is 2. The first kappa shape index (κ1) is 7.86. The lowest BCUT2D eigenvalue weighted by molar-refractivity contribution is 0.00442. The summed E-state index contributed by atoms with van der Waals surface area (Å²) in [5, 5.41) is 3.32. The molecule has 2 aliphatic rings. The predicted octanol–water partition coefficient (Wildman–Crippen LogP) is -0.335. The molecule has 0 saturated carbocycles. The molecule has 0 radical (unpaired) electrons. The Morgan fingerprint density at radius 3 is 2.83 bits per heavy atom. The highest BCUT2D eigenvalue weighted by Gasteiger charge is 2.31. The molecule has 0 amide bonds. The number of likely N-dealkylation sites (tertiary alicyclic amines) is 1. The van der Waals surface area contributed by atoms with E-state index in [1.54, 1.807) is 7.11 Å². The second-order valence-electron chi connectivity index (χ2n) is 3.47. The molecular weight excluding hydrogens is 154 g/mol. The van der Waals surface area contributed by atoms with Crippen LogP contribution in [0.25, 0.3) is 0 Å². The fourth-order valence-corrected chi connectivity index (χ4v) is 1.49. The van der Waals surface area contributed by atoms with Gasteiger partial charge in [0.1, 0.15) is 0 Å². The van der Waals surface area contributed by atoms with Gasteiger partial charge in [-0.3, -0.25) is 4.99 Å². The van der Waals surface area contributed by atoms with E-state index in [-0.39, 0.29) is 0 Å². The Hall–Kier alpha value is -0.770. The van der Waals surface area contributed by atoms with Crippen molar-refractivity contribution < 1.29 is 4.74 Å². The largest absolute Gasteiger partial charge is 0.378 e. The van der Waals surface area contributed by atoms with E-state index in [0.29, 0.717) is 12.1 Å². The molecule has 12 heavy (non-hydrogen) atoms. The van der Waals surface area contributed by atoms with Crippen molar-refractivity contribution in [2.24, 2.45) is 4.99 Å². The van der Waals surface area contributed by atoms with Crippen molar-refractivity contribution in [2.45, 2.75) is 19.1 Å². The maximum atomic E-state index is 5.18. The third-order valence-corrected chi connectivity index (χ3v) is 2.37. The van der Waals surface area contributed by atoms with Crippen molar-refractivity contribution >= 4 is 5.96 Å². The molecule has 0 bridgehead atoms. The van der Waals surface area contributed by atoms with Gasteiger partial charge in [0.25, 0.3) is 0 Å². The van der Waals surface area contributed by atoms with Crippen LogP contribution in [-0.4, -0.2) is 49.7 Å². The Bertz CT molecular complexity index is 198. The molecule has 4 nitrogen and oxygen atoms in total. The summed E-state index contributed by atoms with van der Waals surface area (Å²) in [6.45, 7) is 5.01. The van der Waals surface area contributed by atoms with Crippen LogP contribution in [0.4, 0.5) is 0 Å². The van der Waals surface area contributed by atoms with Gasteiger partial charge in [-0.25, -0.2) is 0 Å². The smallest absolute Gasteiger partial charge is 0.194 e. The third-order valence-electron chi connectivity index (χ3n) is 2.37. The van der Waals surface area contributed by atoms with Crippen LogP contribution in [0.3, 0.4) is 0 Å². The number of hydrogen-bond donors (Lipinski definition) is 1. The molecule has 1 saturated heterocycles. The van der Waals surface area contributed by atoms with Crippen LogP contribution in [0, 0.1) is 0 Å². The summed E-state index contributed by atoms with van der Waals surface area (Å²) in [5.74, 6) is 1.05. The first-order chi connectivity index (χ1) is 5.79. The van der Waals surface area contributed by atoms with Crippen LogP contribution in [0.5, 0.6) is 0 Å². The number of aliphatic imine (C=N–C) groups is 1. The number of nitrogens with one attached hydrogen (secondary N) is 1. The van der Waals surface area contributed by atoms with Crippen LogP contribution in [-0.2, 0) is 4.74 Å². The van der Waals surface area contributed by atoms with Crippen molar-refractivity contribution in [2.75, 3.05) is 26.7 Å². The lowest BCUT2D eigenvalue weighted by Crippen LogP contribution is -2.57. The normalized spacial score (nSPS) is 29.7. The second kappa shape index (κ2) is 2.94. The van der Waals surface area contributed by atoms with E-state index in [1.807, 2.05) is 0 Å². The zero-order valence-corrected chi connectivity index (χ0v) is 7.58. The molecule has 2 heterocycles. The minimum atomic E-state index is 0.408. The van der Waals surface area contributed by atoms with Gasteiger partial charge in [0, 0.05) is 26.2 Å². The third kappa shape index (κ3) is 1.27. The van der Waals surface area contributed by atoms with Crippen molar-refractivity contribution in [1.29, 1.82) is 0 Å². The topological polar surface area (TPSA) is 36.9 Å². The molecule has 0 aromatic carbocycles. The van der Waals surface area contributed by atoms with E-state index < -0.39 is 0 Å². The van der Waals surface area contributed by atoms with Gasteiger partial charge in [-0.2, -0.15) is 0 Å². The maximum Gasteiger partial charge on any atom is 0.194 e. The van der Waals surface area contributed by atoms with E-state index in [2.05, 4.69) is 22.1 Å². The number of methoxy groups -OCH3 is 1. The fourth-order valence-electron chi connectivity index (χ4n) is 1.49. The Kier molecular flexibility index (Phi) is 1.92. The second-order valence-corrected chi connectivity index (χ2v) is 3.47. The molecule has 0 aromatic heterocycles. The van der Waals surface area contributed by atoms with Crippen LogP contribution < -0.4 is 5.32 Å². The Labute approximate surface area is 72.6 Å². The zero-order valence-electron chi connectivity index (χ0n) is 7.58. The Balaban J connectivity index is 1.81. The fraction of sp³-hybridized carbons (Fsp3) is 0.875. The molecule has 1 fully saturated rings. The van der Waals surface area contributed by atoms with Crippen LogP contribution in [0.1, 0.15) is 6.92 Å². The molecule has 1 atom stereocenters. The van der Waals surface area contributed by atoms with Crippen LogP contribution in [0.2, 0.25) is 0 Å². The first-order valence-electron chi connectivity index (χ1n) is 4.38. The highest BCUT2D eigenvalue weighted by atomic mass is 16.5. The van der Waals surface area contributed by atoms with Gasteiger partial charge in [0.2, 0.25) is 0 Å². The average molecular weight is 169 g/mol. The number of guanidine groups is 1. The number of hydrogen-bond acceptors (Lipinski definition) is 4. The summed E-state index contributed by atoms with van der Waals surface area (Å²) < 4.78 is 5.18. The molecule has 0 aromatic rings. The summed E-state index contributed by atoms with van der Waals surface area (Å²) in [7, 11) is 1.76. The quantitative estimate of drug-likeness (QED) is 0.583. The highest BCUT2D eigenvalue weighted by molar-refractivity contribution is 5.82. The van der Waals surface area contributed by atoms with E-state index in [0.717, 1.165) is 25.6 Å². The molecule has 4 heteroatoms. The van der Waals surface area contributed by atoms with Crippen LogP contribution >= 0.6 is 0 Å². The molecule has 0 aliphatic carbocycles. The van der Waals surface area contributed by atoms with Gasteiger partial charge < -0.3 is 15.0 Å². The maximum absolute atomic E-state index is 5.18. The average Bonchev–Trinajstić information content (AvgIpc) is 2.34. The van der Waals surface area contributed by atoms with Gasteiger partial charge in [0.15, 0.2) is 5.96 Å². The van der Waals surface area contributed by atoms with Gasteiger partial charge in [-0.05, 0) is 6.92 Å². The number of ether oxygens (including phenoxy) is 1.